The molecule has 0 fully saturated rings. The Kier molecular flexibility index (Phi) is 5.12. The lowest BCUT2D eigenvalue weighted by Gasteiger charge is -2.05. The Bertz CT molecular complexity index is 1620. The highest BCUT2D eigenvalue weighted by Gasteiger charge is 2.16. The number of carbonyl (C=O) groups excluding carboxylic acids is 1. The van der Waals surface area contributed by atoms with Gasteiger partial charge in [-0.3, -0.25) is 24.7 Å². The molecule has 0 spiro atoms. The molecule has 4 heterocycles. The number of hydrogen-bond acceptors (Lipinski definition) is 5. The number of pyridine rings is 1. The summed E-state index contributed by atoms with van der Waals surface area (Å²) < 4.78 is 1.78. The number of H-pyrrole nitrogens is 2. The minimum absolute atomic E-state index is 0.302. The third-order valence-electron chi connectivity index (χ3n) is 5.73. The van der Waals surface area contributed by atoms with Gasteiger partial charge in [0.05, 0.1) is 35.8 Å². The van der Waals surface area contributed by atoms with Crippen molar-refractivity contribution < 1.29 is 4.79 Å². The summed E-state index contributed by atoms with van der Waals surface area (Å²) in [5, 5.41) is 22.0. The van der Waals surface area contributed by atoms with E-state index in [1.165, 1.54) is 0 Å². The van der Waals surface area contributed by atoms with Gasteiger partial charge in [0.1, 0.15) is 0 Å². The monoisotopic (exact) mass is 460 g/mol. The largest absolute Gasteiger partial charge is 0.318 e. The van der Waals surface area contributed by atoms with E-state index in [9.17, 15) is 4.79 Å². The molecule has 9 nitrogen and oxygen atoms in total. The number of benzene rings is 2. The Hall–Kier alpha value is -5.05. The molecule has 0 saturated heterocycles. The summed E-state index contributed by atoms with van der Waals surface area (Å²) in [7, 11) is 0. The van der Waals surface area contributed by atoms with E-state index in [2.05, 4.69) is 41.9 Å². The molecule has 3 N–H and O–H groups in total. The summed E-state index contributed by atoms with van der Waals surface area (Å²) in [5.41, 5.74) is 6.70. The fourth-order valence-electron chi connectivity index (χ4n) is 4.04. The maximum absolute atomic E-state index is 12.9. The summed E-state index contributed by atoms with van der Waals surface area (Å²) in [5.74, 6) is -0.302. The normalized spacial score (nSPS) is 11.1. The second-order valence-electron chi connectivity index (χ2n) is 8.12. The molecule has 0 aliphatic rings. The van der Waals surface area contributed by atoms with E-state index in [0.717, 1.165) is 38.9 Å². The number of amides is 1. The van der Waals surface area contributed by atoms with Crippen molar-refractivity contribution in [3.8, 4) is 22.4 Å². The number of anilines is 1. The van der Waals surface area contributed by atoms with Crippen molar-refractivity contribution in [2.75, 3.05) is 5.32 Å². The molecule has 1 amide bonds. The van der Waals surface area contributed by atoms with Crippen LogP contribution in [-0.2, 0) is 6.54 Å². The van der Waals surface area contributed by atoms with Crippen LogP contribution in [-0.4, -0.2) is 41.1 Å². The highest BCUT2D eigenvalue weighted by Crippen LogP contribution is 2.25. The number of rotatable bonds is 6. The standard InChI is InChI=1S/C26H20N8O/c35-26(25-22-8-7-18(11-24(22)32-33-25)20-12-28-29-13-20)31-21-14-30-34(16-21)15-17-4-3-5-19(10-17)23-6-1-2-9-27-23/h1-14,16H,15H2,(H,28,29)(H,31,35)(H,32,33). The molecule has 170 valence electrons. The molecule has 0 bridgehead atoms. The molecule has 6 aromatic rings. The lowest BCUT2D eigenvalue weighted by molar-refractivity contribution is 0.102. The van der Waals surface area contributed by atoms with Crippen LogP contribution >= 0.6 is 0 Å². The third kappa shape index (κ3) is 4.18. The van der Waals surface area contributed by atoms with Crippen molar-refractivity contribution in [2.45, 2.75) is 6.54 Å². The van der Waals surface area contributed by atoms with E-state index in [-0.39, 0.29) is 5.91 Å². The number of nitrogens with one attached hydrogen (secondary N) is 3. The van der Waals surface area contributed by atoms with Crippen molar-refractivity contribution in [3.05, 3.63) is 103 Å². The van der Waals surface area contributed by atoms with Crippen molar-refractivity contribution in [2.24, 2.45) is 0 Å². The Labute approximate surface area is 199 Å². The first-order chi connectivity index (χ1) is 17.2. The van der Waals surface area contributed by atoms with Gasteiger partial charge in [-0.1, -0.05) is 30.3 Å². The Morgan fingerprint density at radius 1 is 0.971 bits per heavy atom. The van der Waals surface area contributed by atoms with E-state index in [1.807, 2.05) is 60.8 Å². The highest BCUT2D eigenvalue weighted by molar-refractivity contribution is 6.11. The highest BCUT2D eigenvalue weighted by atomic mass is 16.2. The third-order valence-corrected chi connectivity index (χ3v) is 5.73. The van der Waals surface area contributed by atoms with E-state index in [0.29, 0.717) is 17.9 Å². The lowest BCUT2D eigenvalue weighted by Crippen LogP contribution is -2.12. The number of aromatic amines is 2. The minimum Gasteiger partial charge on any atom is -0.318 e. The van der Waals surface area contributed by atoms with Crippen LogP contribution in [0, 0.1) is 0 Å². The number of carbonyl (C=O) groups is 1. The molecule has 0 atom stereocenters. The van der Waals surface area contributed by atoms with Gasteiger partial charge in [0, 0.05) is 35.1 Å². The van der Waals surface area contributed by atoms with Crippen LogP contribution in [0.15, 0.2) is 91.6 Å². The predicted octanol–water partition coefficient (Wildman–Crippen LogP) is 4.51. The van der Waals surface area contributed by atoms with E-state index in [1.54, 1.807) is 29.5 Å². The minimum atomic E-state index is -0.302. The molecule has 0 aliphatic heterocycles. The van der Waals surface area contributed by atoms with Crippen molar-refractivity contribution >= 4 is 22.5 Å². The van der Waals surface area contributed by atoms with E-state index in [4.69, 9.17) is 0 Å². The quantitative estimate of drug-likeness (QED) is 0.338. The topological polar surface area (TPSA) is 117 Å². The average Bonchev–Trinajstić information content (AvgIpc) is 3.66. The molecule has 6 rings (SSSR count). The van der Waals surface area contributed by atoms with Gasteiger partial charge >= 0.3 is 0 Å². The van der Waals surface area contributed by atoms with Crippen molar-refractivity contribution in [3.63, 3.8) is 0 Å². The van der Waals surface area contributed by atoms with Gasteiger partial charge < -0.3 is 5.32 Å². The zero-order valence-corrected chi connectivity index (χ0v) is 18.5. The Balaban J connectivity index is 1.17. The average molecular weight is 461 g/mol. The summed E-state index contributed by atoms with van der Waals surface area (Å²) >= 11 is 0. The van der Waals surface area contributed by atoms with Gasteiger partial charge in [-0.25, -0.2) is 0 Å². The maximum atomic E-state index is 12.9. The number of fused-ring (bicyclic) bond motifs is 1. The molecule has 4 aromatic heterocycles. The van der Waals surface area contributed by atoms with Crippen LogP contribution in [0.1, 0.15) is 16.1 Å². The lowest BCUT2D eigenvalue weighted by atomic mass is 10.1. The first kappa shape index (κ1) is 20.5. The summed E-state index contributed by atoms with van der Waals surface area (Å²) in [4.78, 5) is 17.3. The summed E-state index contributed by atoms with van der Waals surface area (Å²) in [6.07, 6.45) is 8.78. The molecule has 0 unspecified atom stereocenters. The SMILES string of the molecule is O=C(Nc1cnn(Cc2cccc(-c3ccccn3)c2)c1)c1n[nH]c2cc(-c3cn[nH]c3)ccc12. The van der Waals surface area contributed by atoms with Crippen LogP contribution < -0.4 is 5.32 Å². The maximum Gasteiger partial charge on any atom is 0.276 e. The van der Waals surface area contributed by atoms with Crippen LogP contribution in [0.3, 0.4) is 0 Å². The van der Waals surface area contributed by atoms with E-state index < -0.39 is 0 Å². The fraction of sp³-hybridized carbons (Fsp3) is 0.0385. The molecular formula is C26H20N8O. The first-order valence-electron chi connectivity index (χ1n) is 11.0. The van der Waals surface area contributed by atoms with E-state index >= 15 is 0 Å². The smallest absolute Gasteiger partial charge is 0.276 e. The van der Waals surface area contributed by atoms with Crippen molar-refractivity contribution in [1.82, 2.24) is 35.2 Å². The zero-order chi connectivity index (χ0) is 23.6. The van der Waals surface area contributed by atoms with Crippen LogP contribution in [0.5, 0.6) is 0 Å². The molecule has 0 saturated carbocycles. The fourth-order valence-corrected chi connectivity index (χ4v) is 4.04. The predicted molar refractivity (Wildman–Crippen MR) is 133 cm³/mol. The number of aromatic nitrogens is 7. The molecule has 0 aliphatic carbocycles. The molecule has 9 heteroatoms. The Morgan fingerprint density at radius 3 is 2.80 bits per heavy atom. The summed E-state index contributed by atoms with van der Waals surface area (Å²) in [6.45, 7) is 0.568. The van der Waals surface area contributed by atoms with Crippen molar-refractivity contribution in [1.29, 1.82) is 0 Å². The van der Waals surface area contributed by atoms with Gasteiger partial charge in [0.15, 0.2) is 5.69 Å². The van der Waals surface area contributed by atoms with Gasteiger partial charge in [-0.05, 0) is 41.5 Å². The van der Waals surface area contributed by atoms with Gasteiger partial charge in [0.25, 0.3) is 5.91 Å². The van der Waals surface area contributed by atoms with Crippen LogP contribution in [0.4, 0.5) is 5.69 Å². The second-order valence-corrected chi connectivity index (χ2v) is 8.12. The second kappa shape index (κ2) is 8.71. The number of nitrogens with zero attached hydrogens (tertiary/aromatic N) is 5. The number of hydrogen-bond donors (Lipinski definition) is 3. The molecule has 2 aromatic carbocycles. The molecule has 0 radical (unpaired) electrons. The van der Waals surface area contributed by atoms with Gasteiger partial charge in [0.2, 0.25) is 0 Å². The Morgan fingerprint density at radius 2 is 1.94 bits per heavy atom. The van der Waals surface area contributed by atoms with Gasteiger partial charge in [-0.15, -0.1) is 0 Å². The zero-order valence-electron chi connectivity index (χ0n) is 18.5. The molecular weight excluding hydrogens is 440 g/mol. The van der Waals surface area contributed by atoms with Crippen LogP contribution in [0.2, 0.25) is 0 Å². The van der Waals surface area contributed by atoms with Gasteiger partial charge in [-0.2, -0.15) is 15.3 Å². The molecule has 35 heavy (non-hydrogen) atoms. The summed E-state index contributed by atoms with van der Waals surface area (Å²) in [6, 6.07) is 19.8. The first-order valence-corrected chi connectivity index (χ1v) is 11.0. The van der Waals surface area contributed by atoms with Crippen LogP contribution in [0.25, 0.3) is 33.3 Å².